The van der Waals surface area contributed by atoms with Crippen LogP contribution in [0, 0.1) is 0 Å². The summed E-state index contributed by atoms with van der Waals surface area (Å²) < 4.78 is 37.1. The summed E-state index contributed by atoms with van der Waals surface area (Å²) in [7, 11) is -2.12. The smallest absolute Gasteiger partial charge is 0.206 e. The summed E-state index contributed by atoms with van der Waals surface area (Å²) in [4.78, 5) is 4.87. The lowest BCUT2D eigenvalue weighted by Crippen LogP contribution is -2.01. The molecule has 0 heterocycles. The Bertz CT molecular complexity index is 1330. The minimum atomic E-state index is -3.65. The highest BCUT2D eigenvalue weighted by Gasteiger charge is 2.19. The maximum Gasteiger partial charge on any atom is 0.206 e. The first kappa shape index (κ1) is 22.3. The van der Waals surface area contributed by atoms with Gasteiger partial charge in [0.1, 0.15) is 23.8 Å². The van der Waals surface area contributed by atoms with Crippen LogP contribution in [0.15, 0.2) is 118 Å². The number of nitrogens with zero attached hydrogens (tertiary/aromatic N) is 1. The molecule has 0 saturated heterocycles. The average molecular weight is 458 g/mol. The standard InChI is InChI=1S/C27H23NO4S/c1-31-27-17-16-25(33(29,30)24-10-6-3-7-11-24)18-26(27)28-19-21-12-14-23(15-13-21)32-20-22-8-4-2-5-9-22/h2-19H,20H2,1H3. The lowest BCUT2D eigenvalue weighted by atomic mass is 10.2. The number of benzene rings is 4. The first-order valence-electron chi connectivity index (χ1n) is 10.4. The van der Waals surface area contributed by atoms with Gasteiger partial charge in [-0.15, -0.1) is 0 Å². The normalized spacial score (nSPS) is 11.4. The lowest BCUT2D eigenvalue weighted by Gasteiger charge is -2.09. The van der Waals surface area contributed by atoms with Crippen molar-refractivity contribution < 1.29 is 17.9 Å². The topological polar surface area (TPSA) is 65.0 Å². The first-order valence-corrected chi connectivity index (χ1v) is 11.8. The predicted molar refractivity (Wildman–Crippen MR) is 129 cm³/mol. The minimum absolute atomic E-state index is 0.159. The van der Waals surface area contributed by atoms with Crippen LogP contribution in [0.2, 0.25) is 0 Å². The van der Waals surface area contributed by atoms with E-state index in [1.807, 2.05) is 54.6 Å². The number of hydrogen-bond donors (Lipinski definition) is 0. The molecule has 0 aliphatic rings. The van der Waals surface area contributed by atoms with Crippen LogP contribution < -0.4 is 9.47 Å². The molecular weight excluding hydrogens is 434 g/mol. The molecule has 0 spiro atoms. The Morgan fingerprint density at radius 1 is 0.788 bits per heavy atom. The van der Waals surface area contributed by atoms with Gasteiger partial charge in [-0.3, -0.25) is 4.99 Å². The lowest BCUT2D eigenvalue weighted by molar-refractivity contribution is 0.306. The highest BCUT2D eigenvalue weighted by Crippen LogP contribution is 2.32. The van der Waals surface area contributed by atoms with Crippen LogP contribution in [0.1, 0.15) is 11.1 Å². The molecule has 0 unspecified atom stereocenters. The van der Waals surface area contributed by atoms with E-state index < -0.39 is 9.84 Å². The number of methoxy groups -OCH3 is 1. The Morgan fingerprint density at radius 2 is 1.45 bits per heavy atom. The highest BCUT2D eigenvalue weighted by molar-refractivity contribution is 7.91. The zero-order valence-electron chi connectivity index (χ0n) is 18.1. The van der Waals surface area contributed by atoms with E-state index in [-0.39, 0.29) is 9.79 Å². The maximum absolute atomic E-state index is 13.0. The summed E-state index contributed by atoms with van der Waals surface area (Å²) in [6.45, 7) is 0.494. The second-order valence-corrected chi connectivity index (χ2v) is 9.20. The Labute approximate surface area is 193 Å². The molecule has 0 fully saturated rings. The van der Waals surface area contributed by atoms with Crippen LogP contribution >= 0.6 is 0 Å². The molecule has 0 atom stereocenters. The van der Waals surface area contributed by atoms with Crippen molar-refractivity contribution >= 4 is 21.7 Å². The van der Waals surface area contributed by atoms with Gasteiger partial charge in [-0.1, -0.05) is 48.5 Å². The third kappa shape index (κ3) is 5.48. The van der Waals surface area contributed by atoms with Gasteiger partial charge in [0.15, 0.2) is 0 Å². The molecule has 0 N–H and O–H groups in total. The van der Waals surface area contributed by atoms with Gasteiger partial charge in [-0.25, -0.2) is 8.42 Å². The molecule has 0 aliphatic carbocycles. The highest BCUT2D eigenvalue weighted by atomic mass is 32.2. The fourth-order valence-electron chi connectivity index (χ4n) is 3.21. The van der Waals surface area contributed by atoms with Crippen molar-refractivity contribution in [2.75, 3.05) is 7.11 Å². The number of hydrogen-bond acceptors (Lipinski definition) is 5. The van der Waals surface area contributed by atoms with Crippen LogP contribution in [-0.2, 0) is 16.4 Å². The van der Waals surface area contributed by atoms with Crippen LogP contribution in [0.5, 0.6) is 11.5 Å². The molecule has 0 aliphatic heterocycles. The molecule has 0 aromatic heterocycles. The second kappa shape index (κ2) is 10.1. The van der Waals surface area contributed by atoms with Gasteiger partial charge in [0.25, 0.3) is 0 Å². The van der Waals surface area contributed by atoms with E-state index >= 15 is 0 Å². The van der Waals surface area contributed by atoms with E-state index in [2.05, 4.69) is 4.99 Å². The van der Waals surface area contributed by atoms with Crippen LogP contribution in [0.3, 0.4) is 0 Å². The van der Waals surface area contributed by atoms with Gasteiger partial charge in [0.2, 0.25) is 9.84 Å². The van der Waals surface area contributed by atoms with Crippen LogP contribution in [-0.4, -0.2) is 21.7 Å². The van der Waals surface area contributed by atoms with Crippen molar-refractivity contribution in [3.63, 3.8) is 0 Å². The minimum Gasteiger partial charge on any atom is -0.494 e. The van der Waals surface area contributed by atoms with Crippen molar-refractivity contribution in [2.24, 2.45) is 4.99 Å². The summed E-state index contributed by atoms with van der Waals surface area (Å²) >= 11 is 0. The second-order valence-electron chi connectivity index (χ2n) is 7.25. The Hall–Kier alpha value is -3.90. The Kier molecular flexibility index (Phi) is 6.86. The molecule has 0 saturated carbocycles. The zero-order chi connectivity index (χ0) is 23.1. The van der Waals surface area contributed by atoms with E-state index in [4.69, 9.17) is 9.47 Å². The monoisotopic (exact) mass is 457 g/mol. The molecule has 5 nitrogen and oxygen atoms in total. The van der Waals surface area contributed by atoms with Gasteiger partial charge >= 0.3 is 0 Å². The quantitative estimate of drug-likeness (QED) is 0.311. The summed E-state index contributed by atoms with van der Waals surface area (Å²) in [6, 6.07) is 30.5. The molecule has 0 bridgehead atoms. The third-order valence-corrected chi connectivity index (χ3v) is 6.76. The number of ether oxygens (including phenoxy) is 2. The molecule has 0 radical (unpaired) electrons. The molecule has 0 amide bonds. The van der Waals surface area contributed by atoms with Crippen molar-refractivity contribution in [3.05, 3.63) is 114 Å². The van der Waals surface area contributed by atoms with Gasteiger partial charge in [-0.05, 0) is 65.7 Å². The largest absolute Gasteiger partial charge is 0.494 e. The maximum atomic E-state index is 13.0. The molecule has 33 heavy (non-hydrogen) atoms. The first-order chi connectivity index (χ1) is 16.1. The van der Waals surface area contributed by atoms with E-state index in [1.54, 1.807) is 42.6 Å². The fourth-order valence-corrected chi connectivity index (χ4v) is 4.51. The summed E-state index contributed by atoms with van der Waals surface area (Å²) in [5.41, 5.74) is 2.37. The third-order valence-electron chi connectivity index (χ3n) is 5.00. The number of aliphatic imine (C=N–C) groups is 1. The van der Waals surface area contributed by atoms with E-state index in [1.165, 1.54) is 19.2 Å². The van der Waals surface area contributed by atoms with E-state index in [9.17, 15) is 8.42 Å². The zero-order valence-corrected chi connectivity index (χ0v) is 18.9. The Balaban J connectivity index is 1.52. The van der Waals surface area contributed by atoms with Gasteiger partial charge in [0.05, 0.1) is 16.9 Å². The van der Waals surface area contributed by atoms with Crippen molar-refractivity contribution in [1.29, 1.82) is 0 Å². The predicted octanol–water partition coefficient (Wildman–Crippen LogP) is 5.86. The van der Waals surface area contributed by atoms with Crippen LogP contribution in [0.4, 0.5) is 5.69 Å². The summed E-state index contributed by atoms with van der Waals surface area (Å²) in [6.07, 6.45) is 1.66. The molecule has 166 valence electrons. The molecule has 4 aromatic carbocycles. The van der Waals surface area contributed by atoms with Gasteiger partial charge < -0.3 is 9.47 Å². The average Bonchev–Trinajstić information content (AvgIpc) is 2.87. The van der Waals surface area contributed by atoms with Crippen molar-refractivity contribution in [1.82, 2.24) is 0 Å². The van der Waals surface area contributed by atoms with E-state index in [0.717, 1.165) is 16.9 Å². The van der Waals surface area contributed by atoms with E-state index in [0.29, 0.717) is 18.0 Å². The number of rotatable bonds is 8. The number of sulfone groups is 1. The van der Waals surface area contributed by atoms with Crippen molar-refractivity contribution in [3.8, 4) is 11.5 Å². The molecule has 6 heteroatoms. The summed E-state index contributed by atoms with van der Waals surface area (Å²) in [5, 5.41) is 0. The van der Waals surface area contributed by atoms with Gasteiger partial charge in [0, 0.05) is 6.21 Å². The Morgan fingerprint density at radius 3 is 2.12 bits per heavy atom. The SMILES string of the molecule is COc1ccc(S(=O)(=O)c2ccccc2)cc1N=Cc1ccc(OCc2ccccc2)cc1. The molecular formula is C27H23NO4S. The molecule has 4 rings (SSSR count). The van der Waals surface area contributed by atoms with Crippen molar-refractivity contribution in [2.45, 2.75) is 16.4 Å². The van der Waals surface area contributed by atoms with Gasteiger partial charge in [-0.2, -0.15) is 0 Å². The molecule has 4 aromatic rings. The fraction of sp³-hybridized carbons (Fsp3) is 0.0741. The van der Waals surface area contributed by atoms with Crippen LogP contribution in [0.25, 0.3) is 0 Å². The summed E-state index contributed by atoms with van der Waals surface area (Å²) in [5.74, 6) is 1.24.